The van der Waals surface area contributed by atoms with Gasteiger partial charge in [-0.2, -0.15) is 15.4 Å². The molecule has 1 N–H and O–H groups in total. The lowest BCUT2D eigenvalue weighted by Gasteiger charge is -2.36. The maximum absolute atomic E-state index is 6.30. The van der Waals surface area contributed by atoms with Crippen molar-refractivity contribution in [1.82, 2.24) is 20.3 Å². The highest BCUT2D eigenvalue weighted by atomic mass is 35.5. The van der Waals surface area contributed by atoms with E-state index in [2.05, 4.69) is 43.4 Å². The molecular weight excluding hydrogens is 322 g/mol. The molecule has 2 aromatic carbocycles. The maximum atomic E-state index is 6.30. The summed E-state index contributed by atoms with van der Waals surface area (Å²) in [5, 5.41) is 11.8. The number of fused-ring (bicyclic) bond motifs is 1. The molecule has 5 nitrogen and oxygen atoms in total. The van der Waals surface area contributed by atoms with Crippen molar-refractivity contribution in [3.63, 3.8) is 0 Å². The van der Waals surface area contributed by atoms with Crippen LogP contribution in [0.25, 0.3) is 11.0 Å². The Morgan fingerprint density at radius 2 is 1.75 bits per heavy atom. The predicted octanol–water partition coefficient (Wildman–Crippen LogP) is 2.98. The molecule has 0 unspecified atom stereocenters. The standard InChI is InChI=1S/C18H20ClN5/c19-15-3-1-2-4-18(15)24-11-9-23(10-12-24)8-7-14-5-6-16-17(13-14)21-22-20-16/h1-6,13H,7-12H2,(H,20,21,22). The third-order valence-corrected chi connectivity index (χ3v) is 4.98. The van der Waals surface area contributed by atoms with Gasteiger partial charge in [0, 0.05) is 32.7 Å². The summed E-state index contributed by atoms with van der Waals surface area (Å²) in [4.78, 5) is 4.89. The van der Waals surface area contributed by atoms with Gasteiger partial charge in [-0.25, -0.2) is 0 Å². The average Bonchev–Trinajstić information content (AvgIpc) is 3.09. The van der Waals surface area contributed by atoms with Gasteiger partial charge < -0.3 is 4.90 Å². The Hall–Kier alpha value is -2.11. The normalized spacial score (nSPS) is 16.0. The smallest absolute Gasteiger partial charge is 0.113 e. The molecule has 124 valence electrons. The van der Waals surface area contributed by atoms with Crippen molar-refractivity contribution in [2.24, 2.45) is 0 Å². The molecule has 1 aliphatic rings. The number of anilines is 1. The Morgan fingerprint density at radius 1 is 0.958 bits per heavy atom. The maximum Gasteiger partial charge on any atom is 0.113 e. The summed E-state index contributed by atoms with van der Waals surface area (Å²) in [6.07, 6.45) is 1.04. The van der Waals surface area contributed by atoms with Crippen LogP contribution in [0.2, 0.25) is 5.02 Å². The summed E-state index contributed by atoms with van der Waals surface area (Å²) in [5.74, 6) is 0. The number of aromatic nitrogens is 3. The molecule has 3 aromatic rings. The number of benzene rings is 2. The molecule has 0 saturated carbocycles. The van der Waals surface area contributed by atoms with Gasteiger partial charge in [0.1, 0.15) is 11.0 Å². The van der Waals surface area contributed by atoms with Gasteiger partial charge in [0.15, 0.2) is 0 Å². The fourth-order valence-corrected chi connectivity index (χ4v) is 3.50. The summed E-state index contributed by atoms with van der Waals surface area (Å²) in [6.45, 7) is 5.24. The van der Waals surface area contributed by atoms with Gasteiger partial charge in [-0.05, 0) is 36.2 Å². The predicted molar refractivity (Wildman–Crippen MR) is 97.7 cm³/mol. The molecule has 0 bridgehead atoms. The molecule has 1 aliphatic heterocycles. The second-order valence-corrected chi connectivity index (χ2v) is 6.58. The van der Waals surface area contributed by atoms with E-state index in [-0.39, 0.29) is 0 Å². The quantitative estimate of drug-likeness (QED) is 0.792. The summed E-state index contributed by atoms with van der Waals surface area (Å²) >= 11 is 6.30. The van der Waals surface area contributed by atoms with Crippen molar-refractivity contribution < 1.29 is 0 Å². The van der Waals surface area contributed by atoms with Gasteiger partial charge in [-0.15, -0.1) is 0 Å². The number of halogens is 1. The van der Waals surface area contributed by atoms with Crippen molar-refractivity contribution in [3.8, 4) is 0 Å². The third kappa shape index (κ3) is 3.23. The summed E-state index contributed by atoms with van der Waals surface area (Å²) < 4.78 is 0. The highest BCUT2D eigenvalue weighted by Crippen LogP contribution is 2.26. The van der Waals surface area contributed by atoms with Crippen LogP contribution in [0.5, 0.6) is 0 Å². The molecule has 1 fully saturated rings. The molecule has 6 heteroatoms. The lowest BCUT2D eigenvalue weighted by atomic mass is 10.1. The van der Waals surface area contributed by atoms with Gasteiger partial charge in [0.25, 0.3) is 0 Å². The second-order valence-electron chi connectivity index (χ2n) is 6.18. The molecule has 0 spiro atoms. The highest BCUT2D eigenvalue weighted by Gasteiger charge is 2.18. The number of H-pyrrole nitrogens is 1. The molecule has 24 heavy (non-hydrogen) atoms. The van der Waals surface area contributed by atoms with Crippen LogP contribution >= 0.6 is 11.6 Å². The van der Waals surface area contributed by atoms with E-state index >= 15 is 0 Å². The van der Waals surface area contributed by atoms with Gasteiger partial charge >= 0.3 is 0 Å². The van der Waals surface area contributed by atoms with E-state index in [1.165, 1.54) is 5.56 Å². The average molecular weight is 342 g/mol. The summed E-state index contributed by atoms with van der Waals surface area (Å²) in [7, 11) is 0. The van der Waals surface area contributed by atoms with E-state index in [9.17, 15) is 0 Å². The van der Waals surface area contributed by atoms with Crippen LogP contribution < -0.4 is 4.90 Å². The molecule has 0 aliphatic carbocycles. The lowest BCUT2D eigenvalue weighted by Crippen LogP contribution is -2.47. The number of nitrogens with zero attached hydrogens (tertiary/aromatic N) is 4. The van der Waals surface area contributed by atoms with Crippen molar-refractivity contribution in [2.45, 2.75) is 6.42 Å². The molecule has 0 amide bonds. The van der Waals surface area contributed by atoms with Crippen molar-refractivity contribution >= 4 is 28.3 Å². The summed E-state index contributed by atoms with van der Waals surface area (Å²) in [5.41, 5.74) is 4.32. The van der Waals surface area contributed by atoms with Crippen molar-refractivity contribution in [2.75, 3.05) is 37.6 Å². The molecular formula is C18H20ClN5. The van der Waals surface area contributed by atoms with E-state index in [4.69, 9.17) is 11.6 Å². The monoisotopic (exact) mass is 341 g/mol. The minimum atomic E-state index is 0.840. The Morgan fingerprint density at radius 3 is 2.58 bits per heavy atom. The fraction of sp³-hybridized carbons (Fsp3) is 0.333. The Balaban J connectivity index is 1.32. The van der Waals surface area contributed by atoms with E-state index in [0.29, 0.717) is 0 Å². The molecule has 1 saturated heterocycles. The zero-order valence-corrected chi connectivity index (χ0v) is 14.2. The van der Waals surface area contributed by atoms with E-state index in [0.717, 1.165) is 60.9 Å². The van der Waals surface area contributed by atoms with E-state index in [1.807, 2.05) is 24.3 Å². The number of rotatable bonds is 4. The first-order valence-electron chi connectivity index (χ1n) is 8.31. The fourth-order valence-electron chi connectivity index (χ4n) is 3.25. The van der Waals surface area contributed by atoms with Crippen LogP contribution in [-0.4, -0.2) is 53.0 Å². The molecule has 2 heterocycles. The van der Waals surface area contributed by atoms with Gasteiger partial charge in [-0.1, -0.05) is 29.8 Å². The van der Waals surface area contributed by atoms with Crippen LogP contribution in [0, 0.1) is 0 Å². The molecule has 1 aromatic heterocycles. The van der Waals surface area contributed by atoms with Crippen LogP contribution in [0.15, 0.2) is 42.5 Å². The van der Waals surface area contributed by atoms with Gasteiger partial charge in [0.2, 0.25) is 0 Å². The number of piperazine rings is 1. The minimum Gasteiger partial charge on any atom is -0.368 e. The SMILES string of the molecule is Clc1ccccc1N1CCN(CCc2ccc3n[nH]nc3c2)CC1. The Kier molecular flexibility index (Phi) is 4.36. The second kappa shape index (κ2) is 6.79. The van der Waals surface area contributed by atoms with Crippen molar-refractivity contribution in [3.05, 3.63) is 53.1 Å². The van der Waals surface area contributed by atoms with Crippen LogP contribution in [0.4, 0.5) is 5.69 Å². The number of para-hydroxylation sites is 1. The lowest BCUT2D eigenvalue weighted by molar-refractivity contribution is 0.261. The number of hydrogen-bond acceptors (Lipinski definition) is 4. The van der Waals surface area contributed by atoms with E-state index < -0.39 is 0 Å². The molecule has 0 atom stereocenters. The summed E-state index contributed by atoms with van der Waals surface area (Å²) in [6, 6.07) is 14.4. The van der Waals surface area contributed by atoms with Crippen LogP contribution in [0.1, 0.15) is 5.56 Å². The number of hydrogen-bond donors (Lipinski definition) is 1. The van der Waals surface area contributed by atoms with Crippen LogP contribution in [0.3, 0.4) is 0 Å². The molecule has 4 rings (SSSR count). The highest BCUT2D eigenvalue weighted by molar-refractivity contribution is 6.33. The first-order chi connectivity index (χ1) is 11.8. The topological polar surface area (TPSA) is 48.0 Å². The minimum absolute atomic E-state index is 0.840. The largest absolute Gasteiger partial charge is 0.368 e. The zero-order chi connectivity index (χ0) is 16.4. The Bertz CT molecular complexity index is 823. The first-order valence-corrected chi connectivity index (χ1v) is 8.69. The van der Waals surface area contributed by atoms with Crippen molar-refractivity contribution in [1.29, 1.82) is 0 Å². The van der Waals surface area contributed by atoms with Gasteiger partial charge in [-0.3, -0.25) is 4.90 Å². The number of aromatic amines is 1. The molecule has 0 radical (unpaired) electrons. The van der Waals surface area contributed by atoms with E-state index in [1.54, 1.807) is 0 Å². The van der Waals surface area contributed by atoms with Crippen LogP contribution in [-0.2, 0) is 6.42 Å². The third-order valence-electron chi connectivity index (χ3n) is 4.66. The van der Waals surface area contributed by atoms with Gasteiger partial charge in [0.05, 0.1) is 10.7 Å². The zero-order valence-electron chi connectivity index (χ0n) is 13.5. The Labute approximate surface area is 146 Å². The number of nitrogens with one attached hydrogen (secondary N) is 1. The first kappa shape index (κ1) is 15.4.